The Morgan fingerprint density at radius 1 is 1.26 bits per heavy atom. The number of sulfonamides is 1. The molecule has 0 atom stereocenters. The summed E-state index contributed by atoms with van der Waals surface area (Å²) in [6.07, 6.45) is 1.06. The van der Waals surface area contributed by atoms with Crippen LogP contribution in [0.2, 0.25) is 0 Å². The SMILES string of the molecule is CS(=O)(=O)N(Cc1nc(-c2cccs2)no1)c1ccc(F)cc1. The quantitative estimate of drug-likeness (QED) is 0.705. The van der Waals surface area contributed by atoms with E-state index in [-0.39, 0.29) is 12.4 Å². The maximum Gasteiger partial charge on any atom is 0.247 e. The summed E-state index contributed by atoms with van der Waals surface area (Å²) < 4.78 is 43.2. The third kappa shape index (κ3) is 3.57. The third-order valence-corrected chi connectivity index (χ3v) is 5.01. The van der Waals surface area contributed by atoms with Gasteiger partial charge in [-0.1, -0.05) is 11.2 Å². The average Bonchev–Trinajstić information content (AvgIpc) is 3.16. The molecule has 6 nitrogen and oxygen atoms in total. The summed E-state index contributed by atoms with van der Waals surface area (Å²) >= 11 is 1.45. The molecule has 0 aliphatic carbocycles. The van der Waals surface area contributed by atoms with Crippen LogP contribution in [-0.2, 0) is 16.6 Å². The molecule has 0 aliphatic heterocycles. The Morgan fingerprint density at radius 3 is 2.61 bits per heavy atom. The van der Waals surface area contributed by atoms with Gasteiger partial charge in [-0.15, -0.1) is 11.3 Å². The van der Waals surface area contributed by atoms with Crippen molar-refractivity contribution in [2.24, 2.45) is 0 Å². The van der Waals surface area contributed by atoms with Gasteiger partial charge in [0.25, 0.3) is 0 Å². The van der Waals surface area contributed by atoms with E-state index in [0.717, 1.165) is 15.4 Å². The first-order chi connectivity index (χ1) is 10.9. The van der Waals surface area contributed by atoms with Gasteiger partial charge in [0.15, 0.2) is 0 Å². The highest BCUT2D eigenvalue weighted by Crippen LogP contribution is 2.24. The summed E-state index contributed by atoms with van der Waals surface area (Å²) in [7, 11) is -3.59. The van der Waals surface area contributed by atoms with Crippen molar-refractivity contribution >= 4 is 27.0 Å². The fourth-order valence-corrected chi connectivity index (χ4v) is 3.45. The van der Waals surface area contributed by atoms with E-state index in [1.807, 2.05) is 17.5 Å². The van der Waals surface area contributed by atoms with Crippen LogP contribution in [0.5, 0.6) is 0 Å². The molecule has 0 amide bonds. The second-order valence-corrected chi connectivity index (χ2v) is 7.59. The van der Waals surface area contributed by atoms with Gasteiger partial charge < -0.3 is 4.52 Å². The maximum atomic E-state index is 13.0. The Kier molecular flexibility index (Phi) is 4.14. The van der Waals surface area contributed by atoms with Gasteiger partial charge in [-0.3, -0.25) is 4.31 Å². The highest BCUT2D eigenvalue weighted by atomic mass is 32.2. The first kappa shape index (κ1) is 15.6. The van der Waals surface area contributed by atoms with Crippen LogP contribution in [0.25, 0.3) is 10.7 Å². The van der Waals surface area contributed by atoms with E-state index in [1.54, 1.807) is 0 Å². The Bertz CT molecular complexity index is 890. The number of nitrogens with zero attached hydrogens (tertiary/aromatic N) is 3. The molecule has 0 fully saturated rings. The van der Waals surface area contributed by atoms with Crippen LogP contribution in [0.3, 0.4) is 0 Å². The summed E-state index contributed by atoms with van der Waals surface area (Å²) in [5.41, 5.74) is 0.324. The number of rotatable bonds is 5. The standard InChI is InChI=1S/C14H12FN3O3S2/c1-23(19,20)18(11-6-4-10(15)5-7-11)9-13-16-14(17-21-13)12-3-2-8-22-12/h2-8H,9H2,1H3. The number of aromatic nitrogens is 2. The average molecular weight is 353 g/mol. The van der Waals surface area contributed by atoms with Gasteiger partial charge in [-0.2, -0.15) is 4.98 Å². The van der Waals surface area contributed by atoms with E-state index < -0.39 is 15.8 Å². The lowest BCUT2D eigenvalue weighted by Crippen LogP contribution is -2.29. The van der Waals surface area contributed by atoms with Crippen molar-refractivity contribution < 1.29 is 17.3 Å². The van der Waals surface area contributed by atoms with Crippen LogP contribution in [0, 0.1) is 5.82 Å². The molecular formula is C14H12FN3O3S2. The molecule has 2 heterocycles. The van der Waals surface area contributed by atoms with Crippen molar-refractivity contribution in [2.75, 3.05) is 10.6 Å². The van der Waals surface area contributed by atoms with Gasteiger partial charge in [0, 0.05) is 0 Å². The van der Waals surface area contributed by atoms with Crippen molar-refractivity contribution in [1.82, 2.24) is 10.1 Å². The number of benzene rings is 1. The van der Waals surface area contributed by atoms with Gasteiger partial charge in [0.2, 0.25) is 21.7 Å². The Morgan fingerprint density at radius 2 is 2.00 bits per heavy atom. The molecule has 23 heavy (non-hydrogen) atoms. The molecule has 0 unspecified atom stereocenters. The summed E-state index contributed by atoms with van der Waals surface area (Å²) in [4.78, 5) is 5.03. The van der Waals surface area contributed by atoms with Crippen LogP contribution in [0.15, 0.2) is 46.3 Å². The minimum atomic E-state index is -3.59. The maximum absolute atomic E-state index is 13.0. The monoisotopic (exact) mass is 353 g/mol. The number of hydrogen-bond donors (Lipinski definition) is 0. The van der Waals surface area contributed by atoms with Crippen LogP contribution in [0.4, 0.5) is 10.1 Å². The highest BCUT2D eigenvalue weighted by Gasteiger charge is 2.21. The lowest BCUT2D eigenvalue weighted by Gasteiger charge is -2.20. The summed E-state index contributed by atoms with van der Waals surface area (Å²) in [5.74, 6) is 0.116. The van der Waals surface area contributed by atoms with Gasteiger partial charge in [0.1, 0.15) is 12.4 Å². The van der Waals surface area contributed by atoms with Crippen molar-refractivity contribution in [3.05, 3.63) is 53.5 Å². The molecule has 0 N–H and O–H groups in total. The Labute approximate surface area is 136 Å². The molecule has 0 spiro atoms. The molecule has 120 valence electrons. The first-order valence-electron chi connectivity index (χ1n) is 6.53. The molecule has 0 aliphatic rings. The van der Waals surface area contributed by atoms with Crippen LogP contribution >= 0.6 is 11.3 Å². The van der Waals surface area contributed by atoms with Gasteiger partial charge in [-0.25, -0.2) is 12.8 Å². The summed E-state index contributed by atoms with van der Waals surface area (Å²) in [6.45, 7) is -0.122. The molecule has 0 saturated carbocycles. The zero-order chi connectivity index (χ0) is 16.4. The molecule has 2 aromatic heterocycles. The number of hydrogen-bond acceptors (Lipinski definition) is 6. The fourth-order valence-electron chi connectivity index (χ4n) is 1.96. The van der Waals surface area contributed by atoms with E-state index >= 15 is 0 Å². The summed E-state index contributed by atoms with van der Waals surface area (Å²) in [5, 5.41) is 5.73. The van der Waals surface area contributed by atoms with E-state index in [1.165, 1.54) is 35.6 Å². The first-order valence-corrected chi connectivity index (χ1v) is 9.26. The zero-order valence-corrected chi connectivity index (χ0v) is 13.6. The largest absolute Gasteiger partial charge is 0.337 e. The van der Waals surface area contributed by atoms with Crippen molar-refractivity contribution in [2.45, 2.75) is 6.54 Å². The van der Waals surface area contributed by atoms with Crippen molar-refractivity contribution in [1.29, 1.82) is 0 Å². The Balaban J connectivity index is 1.89. The van der Waals surface area contributed by atoms with E-state index in [0.29, 0.717) is 11.5 Å². The van der Waals surface area contributed by atoms with E-state index in [2.05, 4.69) is 10.1 Å². The van der Waals surface area contributed by atoms with Crippen LogP contribution in [0.1, 0.15) is 5.89 Å². The lowest BCUT2D eigenvalue weighted by molar-refractivity contribution is 0.380. The predicted octanol–water partition coefficient (Wildman–Crippen LogP) is 2.90. The zero-order valence-electron chi connectivity index (χ0n) is 12.0. The van der Waals surface area contributed by atoms with Crippen LogP contribution < -0.4 is 4.31 Å². The number of thiophene rings is 1. The van der Waals surface area contributed by atoms with Gasteiger partial charge >= 0.3 is 0 Å². The smallest absolute Gasteiger partial charge is 0.247 e. The summed E-state index contributed by atoms with van der Waals surface area (Å²) in [6, 6.07) is 8.85. The van der Waals surface area contributed by atoms with E-state index in [4.69, 9.17) is 4.52 Å². The van der Waals surface area contributed by atoms with Gasteiger partial charge in [0.05, 0.1) is 16.8 Å². The predicted molar refractivity (Wildman–Crippen MR) is 85.0 cm³/mol. The molecule has 0 bridgehead atoms. The second-order valence-electron chi connectivity index (χ2n) is 4.74. The molecule has 3 rings (SSSR count). The Hall–Kier alpha value is -2.26. The number of anilines is 1. The molecule has 1 aromatic carbocycles. The third-order valence-electron chi connectivity index (χ3n) is 3.00. The second kappa shape index (κ2) is 6.09. The number of halogens is 1. The van der Waals surface area contributed by atoms with Crippen molar-refractivity contribution in [3.8, 4) is 10.7 Å². The topological polar surface area (TPSA) is 76.3 Å². The van der Waals surface area contributed by atoms with E-state index in [9.17, 15) is 12.8 Å². The van der Waals surface area contributed by atoms with Crippen LogP contribution in [-0.4, -0.2) is 24.8 Å². The lowest BCUT2D eigenvalue weighted by atomic mass is 10.3. The molecule has 3 aromatic rings. The van der Waals surface area contributed by atoms with Gasteiger partial charge in [-0.05, 0) is 35.7 Å². The highest BCUT2D eigenvalue weighted by molar-refractivity contribution is 7.92. The molecular weight excluding hydrogens is 341 g/mol. The molecule has 9 heteroatoms. The fraction of sp³-hybridized carbons (Fsp3) is 0.143. The normalized spacial score (nSPS) is 11.6. The molecule has 0 radical (unpaired) electrons. The molecule has 0 saturated heterocycles. The van der Waals surface area contributed by atoms with Crippen molar-refractivity contribution in [3.63, 3.8) is 0 Å². The minimum absolute atomic E-state index is 0.122. The minimum Gasteiger partial charge on any atom is -0.337 e.